The third-order valence-electron chi connectivity index (χ3n) is 3.57. The van der Waals surface area contributed by atoms with Gasteiger partial charge in [-0.2, -0.15) is 0 Å². The van der Waals surface area contributed by atoms with Crippen molar-refractivity contribution in [2.24, 2.45) is 0 Å². The van der Waals surface area contributed by atoms with Crippen molar-refractivity contribution in [1.82, 2.24) is 0 Å². The molecule has 1 aliphatic rings. The van der Waals surface area contributed by atoms with Crippen LogP contribution in [0.4, 0.5) is 8.78 Å². The van der Waals surface area contributed by atoms with E-state index in [0.717, 1.165) is 6.07 Å². The highest BCUT2D eigenvalue weighted by atomic mass is 79.9. The molecule has 2 rings (SSSR count). The minimum absolute atomic E-state index is 0.0636. The van der Waals surface area contributed by atoms with Crippen molar-refractivity contribution >= 4 is 28.5 Å². The van der Waals surface area contributed by atoms with Crippen LogP contribution in [0.25, 0.3) is 0 Å². The van der Waals surface area contributed by atoms with Crippen LogP contribution in [-0.4, -0.2) is 18.3 Å². The summed E-state index contributed by atoms with van der Waals surface area (Å²) in [4.78, 5) is 0. The first kappa shape index (κ1) is 14.0. The standard InChI is InChI=1S/C12H14BBrF2O2/c1-11(2)12(3,4)18-13(17-11)9-7(14)5-6-8(15)10(9)16/h5-6H,1-4H3. The maximum absolute atomic E-state index is 13.9. The van der Waals surface area contributed by atoms with E-state index in [1.807, 2.05) is 27.7 Å². The summed E-state index contributed by atoms with van der Waals surface area (Å²) >= 11 is 3.20. The van der Waals surface area contributed by atoms with Crippen LogP contribution in [0, 0.1) is 11.6 Å². The maximum Gasteiger partial charge on any atom is 0.499 e. The fourth-order valence-corrected chi connectivity index (χ4v) is 2.21. The van der Waals surface area contributed by atoms with Crippen molar-refractivity contribution < 1.29 is 18.1 Å². The zero-order valence-electron chi connectivity index (χ0n) is 10.7. The fourth-order valence-electron chi connectivity index (χ4n) is 1.72. The molecule has 0 unspecified atom stereocenters. The SMILES string of the molecule is CC1(C)OB(c2c(Br)ccc(F)c2F)OC1(C)C. The Bertz CT molecular complexity index is 475. The van der Waals surface area contributed by atoms with Gasteiger partial charge < -0.3 is 9.31 Å². The first-order valence-electron chi connectivity index (χ1n) is 5.65. The Morgan fingerprint density at radius 2 is 1.56 bits per heavy atom. The topological polar surface area (TPSA) is 18.5 Å². The molecule has 1 fully saturated rings. The van der Waals surface area contributed by atoms with E-state index in [-0.39, 0.29) is 5.46 Å². The molecule has 0 radical (unpaired) electrons. The highest BCUT2D eigenvalue weighted by Gasteiger charge is 2.53. The summed E-state index contributed by atoms with van der Waals surface area (Å²) in [7, 11) is -0.917. The molecule has 0 aliphatic carbocycles. The quantitative estimate of drug-likeness (QED) is 0.585. The van der Waals surface area contributed by atoms with E-state index in [2.05, 4.69) is 15.9 Å². The monoisotopic (exact) mass is 318 g/mol. The molecule has 0 N–H and O–H groups in total. The van der Waals surface area contributed by atoms with Crippen LogP contribution in [-0.2, 0) is 9.31 Å². The maximum atomic E-state index is 13.9. The normalized spacial score (nSPS) is 21.4. The summed E-state index contributed by atoms with van der Waals surface area (Å²) in [6.07, 6.45) is 0. The lowest BCUT2D eigenvalue weighted by Crippen LogP contribution is -2.41. The number of rotatable bonds is 1. The molecular formula is C12H14BBrF2O2. The Morgan fingerprint density at radius 1 is 1.06 bits per heavy atom. The predicted octanol–water partition coefficient (Wildman–Crippen LogP) is 3.03. The van der Waals surface area contributed by atoms with E-state index < -0.39 is 30.0 Å². The lowest BCUT2D eigenvalue weighted by molar-refractivity contribution is 0.00578. The number of benzene rings is 1. The van der Waals surface area contributed by atoms with E-state index in [0.29, 0.717) is 4.47 Å². The van der Waals surface area contributed by atoms with Crippen molar-refractivity contribution in [3.05, 3.63) is 28.2 Å². The molecule has 0 spiro atoms. The average Bonchev–Trinajstić information content (AvgIpc) is 2.43. The minimum atomic E-state index is -0.942. The lowest BCUT2D eigenvalue weighted by atomic mass is 9.78. The van der Waals surface area contributed by atoms with Crippen LogP contribution < -0.4 is 5.46 Å². The van der Waals surface area contributed by atoms with E-state index >= 15 is 0 Å². The summed E-state index contributed by atoms with van der Waals surface area (Å²) < 4.78 is 39.0. The Hall–Kier alpha value is -0.455. The minimum Gasteiger partial charge on any atom is -0.399 e. The van der Waals surface area contributed by atoms with Gasteiger partial charge in [0.15, 0.2) is 11.6 Å². The van der Waals surface area contributed by atoms with Crippen LogP contribution in [0.2, 0.25) is 0 Å². The smallest absolute Gasteiger partial charge is 0.399 e. The van der Waals surface area contributed by atoms with Gasteiger partial charge in [0.2, 0.25) is 0 Å². The van der Waals surface area contributed by atoms with Gasteiger partial charge in [-0.05, 0) is 39.8 Å². The highest BCUT2D eigenvalue weighted by molar-refractivity contribution is 9.10. The Morgan fingerprint density at radius 3 is 2.06 bits per heavy atom. The molecule has 1 saturated heterocycles. The molecule has 1 aromatic carbocycles. The van der Waals surface area contributed by atoms with Gasteiger partial charge in [-0.15, -0.1) is 0 Å². The van der Waals surface area contributed by atoms with Crippen LogP contribution in [0.15, 0.2) is 16.6 Å². The number of hydrogen-bond acceptors (Lipinski definition) is 2. The van der Waals surface area contributed by atoms with Gasteiger partial charge in [-0.3, -0.25) is 0 Å². The van der Waals surface area contributed by atoms with Crippen molar-refractivity contribution in [1.29, 1.82) is 0 Å². The van der Waals surface area contributed by atoms with E-state index in [1.165, 1.54) is 6.07 Å². The zero-order chi connectivity index (χ0) is 13.7. The number of hydrogen-bond donors (Lipinski definition) is 0. The summed E-state index contributed by atoms with van der Waals surface area (Å²) in [5.41, 5.74) is -1.11. The van der Waals surface area contributed by atoms with Crippen LogP contribution in [0.1, 0.15) is 27.7 Å². The molecular weight excluding hydrogens is 305 g/mol. The predicted molar refractivity (Wildman–Crippen MR) is 69.8 cm³/mol. The molecule has 1 aliphatic heterocycles. The Balaban J connectivity index is 2.44. The molecule has 1 heterocycles. The van der Waals surface area contributed by atoms with Crippen LogP contribution in [0.3, 0.4) is 0 Å². The molecule has 0 saturated carbocycles. The second-order valence-corrected chi connectivity index (χ2v) is 6.20. The molecule has 2 nitrogen and oxygen atoms in total. The third-order valence-corrected chi connectivity index (χ3v) is 4.26. The van der Waals surface area contributed by atoms with Crippen molar-refractivity contribution in [2.45, 2.75) is 38.9 Å². The second-order valence-electron chi connectivity index (χ2n) is 5.35. The summed E-state index contributed by atoms with van der Waals surface area (Å²) in [5, 5.41) is 0. The molecule has 0 aromatic heterocycles. The second kappa shape index (κ2) is 4.29. The van der Waals surface area contributed by atoms with Gasteiger partial charge in [-0.1, -0.05) is 15.9 Å². The van der Waals surface area contributed by atoms with Gasteiger partial charge in [0.1, 0.15) is 0 Å². The first-order valence-corrected chi connectivity index (χ1v) is 6.44. The number of halogens is 3. The zero-order valence-corrected chi connectivity index (χ0v) is 12.3. The van der Waals surface area contributed by atoms with Gasteiger partial charge in [0.25, 0.3) is 0 Å². The van der Waals surface area contributed by atoms with Gasteiger partial charge >= 0.3 is 7.12 Å². The lowest BCUT2D eigenvalue weighted by Gasteiger charge is -2.32. The molecule has 18 heavy (non-hydrogen) atoms. The molecule has 6 heteroatoms. The third kappa shape index (κ3) is 2.10. The molecule has 98 valence electrons. The van der Waals surface area contributed by atoms with Gasteiger partial charge in [0, 0.05) is 9.94 Å². The van der Waals surface area contributed by atoms with Crippen molar-refractivity contribution in [2.75, 3.05) is 0 Å². The van der Waals surface area contributed by atoms with Crippen LogP contribution >= 0.6 is 15.9 Å². The average molecular weight is 319 g/mol. The Kier molecular flexibility index (Phi) is 3.32. The molecule has 0 amide bonds. The van der Waals surface area contributed by atoms with Gasteiger partial charge in [-0.25, -0.2) is 8.78 Å². The van der Waals surface area contributed by atoms with E-state index in [9.17, 15) is 8.78 Å². The van der Waals surface area contributed by atoms with Crippen molar-refractivity contribution in [3.8, 4) is 0 Å². The molecule has 0 atom stereocenters. The van der Waals surface area contributed by atoms with E-state index in [1.54, 1.807) is 0 Å². The summed E-state index contributed by atoms with van der Waals surface area (Å²) in [6, 6.07) is 2.51. The Labute approximate surface area is 114 Å². The van der Waals surface area contributed by atoms with Crippen LogP contribution in [0.5, 0.6) is 0 Å². The molecule has 1 aromatic rings. The summed E-state index contributed by atoms with van der Waals surface area (Å²) in [5.74, 6) is -1.86. The van der Waals surface area contributed by atoms with E-state index in [4.69, 9.17) is 9.31 Å². The van der Waals surface area contributed by atoms with Crippen molar-refractivity contribution in [3.63, 3.8) is 0 Å². The highest BCUT2D eigenvalue weighted by Crippen LogP contribution is 2.37. The largest absolute Gasteiger partial charge is 0.499 e. The van der Waals surface area contributed by atoms with Gasteiger partial charge in [0.05, 0.1) is 11.2 Å². The molecule has 0 bridgehead atoms. The first-order chi connectivity index (χ1) is 8.16. The summed E-state index contributed by atoms with van der Waals surface area (Å²) in [6.45, 7) is 7.44. The fraction of sp³-hybridized carbons (Fsp3) is 0.500.